The summed E-state index contributed by atoms with van der Waals surface area (Å²) in [7, 11) is 0. The molecule has 2 atom stereocenters. The Bertz CT molecular complexity index is 485. The summed E-state index contributed by atoms with van der Waals surface area (Å²) < 4.78 is 5.05. The number of rotatable bonds is 3. The number of carbonyl (C=O) groups is 4. The minimum atomic E-state index is -1.51. The first-order valence-corrected chi connectivity index (χ1v) is 6.63. The number of nitrogens with zero attached hydrogens (tertiary/aromatic N) is 1. The second-order valence-electron chi connectivity index (χ2n) is 5.08. The molecule has 0 aromatic heterocycles. The number of nitrogens with one attached hydrogen (secondary N) is 2. The Morgan fingerprint density at radius 2 is 2.24 bits per heavy atom. The minimum Gasteiger partial charge on any atom is -0.479 e. The number of hydrogen-bond donors (Lipinski definition) is 3. The summed E-state index contributed by atoms with van der Waals surface area (Å²) in [6, 6.07) is -1.55. The Balaban J connectivity index is 2.15. The third-order valence-corrected chi connectivity index (χ3v) is 3.68. The van der Waals surface area contributed by atoms with E-state index in [4.69, 9.17) is 4.74 Å². The van der Waals surface area contributed by atoms with Crippen molar-refractivity contribution in [3.8, 4) is 0 Å². The first-order chi connectivity index (χ1) is 9.89. The molecule has 21 heavy (non-hydrogen) atoms. The molecule has 116 valence electrons. The highest BCUT2D eigenvalue weighted by atomic mass is 16.5. The molecule has 2 aliphatic heterocycles. The molecule has 0 aliphatic carbocycles. The lowest BCUT2D eigenvalue weighted by Gasteiger charge is -2.35. The van der Waals surface area contributed by atoms with Crippen molar-refractivity contribution in [1.29, 1.82) is 0 Å². The highest BCUT2D eigenvalue weighted by Gasteiger charge is 2.46. The van der Waals surface area contributed by atoms with Crippen LogP contribution in [0.1, 0.15) is 19.8 Å². The molecule has 9 heteroatoms. The van der Waals surface area contributed by atoms with Crippen LogP contribution in [0.25, 0.3) is 0 Å². The minimum absolute atomic E-state index is 0.138. The summed E-state index contributed by atoms with van der Waals surface area (Å²) in [6.45, 7) is 1.50. The Kier molecular flexibility index (Phi) is 4.12. The summed E-state index contributed by atoms with van der Waals surface area (Å²) in [6.07, 6.45) is 0.460. The van der Waals surface area contributed by atoms with Gasteiger partial charge in [-0.2, -0.15) is 0 Å². The van der Waals surface area contributed by atoms with Crippen LogP contribution in [0.4, 0.5) is 4.79 Å². The van der Waals surface area contributed by atoms with Crippen molar-refractivity contribution in [2.24, 2.45) is 0 Å². The number of piperazine rings is 1. The van der Waals surface area contributed by atoms with Gasteiger partial charge in [0.05, 0.1) is 6.61 Å². The summed E-state index contributed by atoms with van der Waals surface area (Å²) >= 11 is 0. The summed E-state index contributed by atoms with van der Waals surface area (Å²) in [4.78, 5) is 47.8. The fourth-order valence-electron chi connectivity index (χ4n) is 2.45. The van der Waals surface area contributed by atoms with E-state index in [0.29, 0.717) is 6.42 Å². The molecule has 2 aliphatic rings. The zero-order valence-corrected chi connectivity index (χ0v) is 11.5. The van der Waals surface area contributed by atoms with Crippen LogP contribution in [0.3, 0.4) is 0 Å². The maximum Gasteiger partial charge on any atom is 0.332 e. The Morgan fingerprint density at radius 3 is 2.76 bits per heavy atom. The molecule has 9 nitrogen and oxygen atoms in total. The summed E-state index contributed by atoms with van der Waals surface area (Å²) in [5.74, 6) is -2.35. The number of amides is 4. The molecular formula is C12H17N3O6. The van der Waals surface area contributed by atoms with Crippen molar-refractivity contribution < 1.29 is 29.0 Å². The smallest absolute Gasteiger partial charge is 0.332 e. The average molecular weight is 299 g/mol. The summed E-state index contributed by atoms with van der Waals surface area (Å²) in [5.41, 5.74) is -1.51. The molecule has 0 aromatic carbocycles. The molecule has 2 rings (SSSR count). The van der Waals surface area contributed by atoms with Crippen molar-refractivity contribution >= 4 is 23.8 Å². The lowest BCUT2D eigenvalue weighted by Crippen LogP contribution is -2.65. The van der Waals surface area contributed by atoms with E-state index >= 15 is 0 Å². The topological polar surface area (TPSA) is 125 Å². The highest BCUT2D eigenvalue weighted by molar-refractivity contribution is 6.04. The molecule has 0 saturated carbocycles. The van der Waals surface area contributed by atoms with E-state index in [1.165, 1.54) is 0 Å². The van der Waals surface area contributed by atoms with Crippen LogP contribution in [0, 0.1) is 0 Å². The van der Waals surface area contributed by atoms with Gasteiger partial charge in [0, 0.05) is 13.0 Å². The predicted octanol–water partition coefficient (Wildman–Crippen LogP) is -1.32. The zero-order valence-electron chi connectivity index (χ0n) is 11.5. The van der Waals surface area contributed by atoms with Gasteiger partial charge in [0.2, 0.25) is 11.8 Å². The van der Waals surface area contributed by atoms with Crippen LogP contribution >= 0.6 is 0 Å². The molecule has 3 N–H and O–H groups in total. The molecule has 4 amide bonds. The molecule has 2 fully saturated rings. The third kappa shape index (κ3) is 2.82. The van der Waals surface area contributed by atoms with Gasteiger partial charge in [0.15, 0.2) is 5.54 Å². The molecule has 0 bridgehead atoms. The Hall–Kier alpha value is -2.16. The second kappa shape index (κ2) is 5.68. The average Bonchev–Trinajstić information content (AvgIpc) is 2.87. The van der Waals surface area contributed by atoms with E-state index in [1.807, 2.05) is 0 Å². The van der Waals surface area contributed by atoms with Crippen molar-refractivity contribution in [1.82, 2.24) is 15.5 Å². The van der Waals surface area contributed by atoms with E-state index < -0.39 is 35.4 Å². The zero-order chi connectivity index (χ0) is 15.6. The number of urea groups is 1. The molecular weight excluding hydrogens is 282 g/mol. The number of carboxylic acids is 1. The van der Waals surface area contributed by atoms with Gasteiger partial charge in [-0.3, -0.25) is 14.9 Å². The first-order valence-electron chi connectivity index (χ1n) is 6.63. The van der Waals surface area contributed by atoms with Gasteiger partial charge in [-0.25, -0.2) is 9.59 Å². The van der Waals surface area contributed by atoms with Crippen LogP contribution < -0.4 is 10.6 Å². The quantitative estimate of drug-likeness (QED) is 0.555. The number of hydrogen-bond acceptors (Lipinski definition) is 5. The van der Waals surface area contributed by atoms with Gasteiger partial charge >= 0.3 is 12.0 Å². The Labute approximate surface area is 120 Å². The number of carbonyl (C=O) groups excluding carboxylic acids is 3. The van der Waals surface area contributed by atoms with Gasteiger partial charge in [-0.15, -0.1) is 0 Å². The fourth-order valence-corrected chi connectivity index (χ4v) is 2.45. The van der Waals surface area contributed by atoms with Gasteiger partial charge in [-0.1, -0.05) is 6.92 Å². The number of ether oxygens (including phenoxy) is 1. The largest absolute Gasteiger partial charge is 0.479 e. The normalized spacial score (nSPS) is 29.2. The van der Waals surface area contributed by atoms with Crippen molar-refractivity contribution in [2.75, 3.05) is 19.8 Å². The number of aliphatic carboxylic acids is 1. The van der Waals surface area contributed by atoms with Gasteiger partial charge in [0.25, 0.3) is 0 Å². The van der Waals surface area contributed by atoms with Crippen LogP contribution in [0.5, 0.6) is 0 Å². The van der Waals surface area contributed by atoms with E-state index in [1.54, 1.807) is 6.92 Å². The van der Waals surface area contributed by atoms with Crippen molar-refractivity contribution in [2.45, 2.75) is 31.3 Å². The molecule has 2 saturated heterocycles. The Morgan fingerprint density at radius 1 is 1.52 bits per heavy atom. The van der Waals surface area contributed by atoms with E-state index in [9.17, 15) is 24.3 Å². The molecule has 0 spiro atoms. The van der Waals surface area contributed by atoms with Crippen LogP contribution in [-0.2, 0) is 19.1 Å². The fraction of sp³-hybridized carbons (Fsp3) is 0.667. The van der Waals surface area contributed by atoms with Gasteiger partial charge in [0.1, 0.15) is 12.6 Å². The SMILES string of the molecule is CCC1C(=O)NC(=O)CN1C(=O)NC1(C(=O)O)CCOC1. The monoisotopic (exact) mass is 299 g/mol. The first kappa shape index (κ1) is 15.2. The molecule has 2 heterocycles. The van der Waals surface area contributed by atoms with Gasteiger partial charge in [-0.05, 0) is 6.42 Å². The lowest BCUT2D eigenvalue weighted by atomic mass is 9.99. The van der Waals surface area contributed by atoms with E-state index in [0.717, 1.165) is 4.90 Å². The summed E-state index contributed by atoms with van der Waals surface area (Å²) in [5, 5.41) is 13.8. The molecule has 0 radical (unpaired) electrons. The second-order valence-corrected chi connectivity index (χ2v) is 5.08. The van der Waals surface area contributed by atoms with Crippen LogP contribution in [0.15, 0.2) is 0 Å². The highest BCUT2D eigenvalue weighted by Crippen LogP contribution is 2.20. The number of imide groups is 1. The maximum atomic E-state index is 12.3. The lowest BCUT2D eigenvalue weighted by molar-refractivity contribution is -0.144. The predicted molar refractivity (Wildman–Crippen MR) is 68.3 cm³/mol. The van der Waals surface area contributed by atoms with Crippen LogP contribution in [0.2, 0.25) is 0 Å². The van der Waals surface area contributed by atoms with Crippen LogP contribution in [-0.4, -0.2) is 65.2 Å². The van der Waals surface area contributed by atoms with Gasteiger partial charge < -0.3 is 20.1 Å². The third-order valence-electron chi connectivity index (χ3n) is 3.68. The van der Waals surface area contributed by atoms with Crippen molar-refractivity contribution in [3.63, 3.8) is 0 Å². The number of carboxylic acid groups (broad SMARTS) is 1. The standard InChI is InChI=1S/C12H17N3O6/c1-2-7-9(17)13-8(16)5-15(7)11(20)14-12(10(18)19)3-4-21-6-12/h7H,2-6H2,1H3,(H,14,20)(H,18,19)(H,13,16,17). The molecule has 2 unspecified atom stereocenters. The van der Waals surface area contributed by atoms with Crippen molar-refractivity contribution in [3.05, 3.63) is 0 Å². The van der Waals surface area contributed by atoms with E-state index in [-0.39, 0.29) is 26.2 Å². The van der Waals surface area contributed by atoms with E-state index in [2.05, 4.69) is 10.6 Å². The maximum absolute atomic E-state index is 12.3. The molecule has 0 aromatic rings.